The van der Waals surface area contributed by atoms with E-state index in [2.05, 4.69) is 71.9 Å². The van der Waals surface area contributed by atoms with Crippen molar-refractivity contribution >= 4 is 11.6 Å². The Hall–Kier alpha value is -3.02. The molecular formula is C26H34N6. The Morgan fingerprint density at radius 3 is 2.50 bits per heavy atom. The molecule has 6 heteroatoms. The lowest BCUT2D eigenvalue weighted by molar-refractivity contribution is 0.540. The third-order valence-corrected chi connectivity index (χ3v) is 6.68. The first kappa shape index (κ1) is 22.2. The molecule has 1 saturated heterocycles. The van der Waals surface area contributed by atoms with Crippen LogP contribution in [0, 0.1) is 20.8 Å². The van der Waals surface area contributed by atoms with Gasteiger partial charge >= 0.3 is 0 Å². The molecule has 0 bridgehead atoms. The van der Waals surface area contributed by atoms with Gasteiger partial charge in [0.2, 0.25) is 0 Å². The fourth-order valence-corrected chi connectivity index (χ4v) is 4.52. The second-order valence-corrected chi connectivity index (χ2v) is 8.92. The van der Waals surface area contributed by atoms with E-state index in [1.807, 2.05) is 12.1 Å². The minimum absolute atomic E-state index is 0.346. The Morgan fingerprint density at radius 2 is 1.81 bits per heavy atom. The molecule has 0 amide bonds. The van der Waals surface area contributed by atoms with Gasteiger partial charge in [-0.3, -0.25) is 4.98 Å². The molecule has 0 spiro atoms. The maximum atomic E-state index is 4.82. The molecular weight excluding hydrogens is 396 g/mol. The lowest BCUT2D eigenvalue weighted by atomic mass is 10.0. The van der Waals surface area contributed by atoms with E-state index in [-0.39, 0.29) is 0 Å². The molecule has 0 radical (unpaired) electrons. The monoisotopic (exact) mass is 430 g/mol. The number of hydrogen-bond donors (Lipinski definition) is 0. The summed E-state index contributed by atoms with van der Waals surface area (Å²) < 4.78 is 0. The SMILES string of the molecule is CCCCc1cnc(N2CCN(c3nnc(-c4ccncc4)c(C)c3C)C[C@H]2C)cc1C. The zero-order chi connectivity index (χ0) is 22.7. The van der Waals surface area contributed by atoms with Crippen LogP contribution < -0.4 is 9.80 Å². The maximum Gasteiger partial charge on any atom is 0.154 e. The Balaban J connectivity index is 1.50. The number of pyridine rings is 2. The highest BCUT2D eigenvalue weighted by atomic mass is 15.3. The number of nitrogens with zero attached hydrogens (tertiary/aromatic N) is 6. The molecule has 6 nitrogen and oxygen atoms in total. The molecule has 0 aliphatic carbocycles. The molecule has 1 aliphatic rings. The van der Waals surface area contributed by atoms with Crippen molar-refractivity contribution in [3.05, 3.63) is 59.0 Å². The van der Waals surface area contributed by atoms with Crippen LogP contribution in [0.15, 0.2) is 36.8 Å². The molecule has 0 saturated carbocycles. The molecule has 3 aromatic rings. The second-order valence-electron chi connectivity index (χ2n) is 8.92. The Kier molecular flexibility index (Phi) is 6.68. The van der Waals surface area contributed by atoms with Gasteiger partial charge in [-0.25, -0.2) is 4.98 Å². The summed E-state index contributed by atoms with van der Waals surface area (Å²) in [6.45, 7) is 13.7. The van der Waals surface area contributed by atoms with Crippen LogP contribution in [-0.2, 0) is 6.42 Å². The zero-order valence-corrected chi connectivity index (χ0v) is 20.0. The largest absolute Gasteiger partial charge is 0.351 e. The zero-order valence-electron chi connectivity index (χ0n) is 20.0. The quantitative estimate of drug-likeness (QED) is 0.553. The van der Waals surface area contributed by atoms with Gasteiger partial charge in [-0.2, -0.15) is 0 Å². The van der Waals surface area contributed by atoms with Gasteiger partial charge in [0.25, 0.3) is 0 Å². The van der Waals surface area contributed by atoms with Crippen LogP contribution >= 0.6 is 0 Å². The van der Waals surface area contributed by atoms with E-state index < -0.39 is 0 Å². The fraction of sp³-hybridized carbons (Fsp3) is 0.462. The molecule has 32 heavy (non-hydrogen) atoms. The van der Waals surface area contributed by atoms with Gasteiger partial charge < -0.3 is 9.80 Å². The van der Waals surface area contributed by atoms with E-state index in [4.69, 9.17) is 4.98 Å². The molecule has 168 valence electrons. The molecule has 1 atom stereocenters. The average Bonchev–Trinajstić information content (AvgIpc) is 2.80. The topological polar surface area (TPSA) is 58.0 Å². The van der Waals surface area contributed by atoms with Gasteiger partial charge in [0.1, 0.15) is 5.82 Å². The molecule has 1 aliphatic heterocycles. The summed E-state index contributed by atoms with van der Waals surface area (Å²) in [6.07, 6.45) is 9.23. The summed E-state index contributed by atoms with van der Waals surface area (Å²) in [5.74, 6) is 2.08. The fourth-order valence-electron chi connectivity index (χ4n) is 4.52. The highest BCUT2D eigenvalue weighted by Gasteiger charge is 2.27. The molecule has 4 rings (SSSR count). The number of unbranched alkanes of at least 4 members (excludes halogenated alkanes) is 1. The van der Waals surface area contributed by atoms with E-state index in [1.54, 1.807) is 12.4 Å². The maximum absolute atomic E-state index is 4.82. The van der Waals surface area contributed by atoms with Crippen LogP contribution in [0.5, 0.6) is 0 Å². The average molecular weight is 431 g/mol. The smallest absolute Gasteiger partial charge is 0.154 e. The molecule has 0 aromatic carbocycles. The Morgan fingerprint density at radius 1 is 1.03 bits per heavy atom. The van der Waals surface area contributed by atoms with Gasteiger partial charge in [0.05, 0.1) is 5.69 Å². The van der Waals surface area contributed by atoms with Gasteiger partial charge in [-0.1, -0.05) is 13.3 Å². The number of anilines is 2. The van der Waals surface area contributed by atoms with Crippen molar-refractivity contribution in [2.45, 2.75) is 59.9 Å². The van der Waals surface area contributed by atoms with Crippen LogP contribution in [-0.4, -0.2) is 45.8 Å². The van der Waals surface area contributed by atoms with Gasteiger partial charge in [0.15, 0.2) is 5.82 Å². The number of aryl methyl sites for hydroxylation is 2. The summed E-state index contributed by atoms with van der Waals surface area (Å²) in [6, 6.07) is 6.58. The summed E-state index contributed by atoms with van der Waals surface area (Å²) in [7, 11) is 0. The number of aromatic nitrogens is 4. The van der Waals surface area contributed by atoms with E-state index >= 15 is 0 Å². The van der Waals surface area contributed by atoms with Crippen LogP contribution in [0.4, 0.5) is 11.6 Å². The lowest BCUT2D eigenvalue weighted by Gasteiger charge is -2.41. The van der Waals surface area contributed by atoms with Gasteiger partial charge in [-0.15, -0.1) is 10.2 Å². The predicted octanol–water partition coefficient (Wildman–Crippen LogP) is 4.92. The third-order valence-electron chi connectivity index (χ3n) is 6.68. The minimum Gasteiger partial charge on any atom is -0.351 e. The minimum atomic E-state index is 0.346. The summed E-state index contributed by atoms with van der Waals surface area (Å²) in [4.78, 5) is 13.7. The van der Waals surface area contributed by atoms with Crippen molar-refractivity contribution in [2.24, 2.45) is 0 Å². The summed E-state index contributed by atoms with van der Waals surface area (Å²) in [5, 5.41) is 9.23. The van der Waals surface area contributed by atoms with Crippen molar-refractivity contribution in [1.82, 2.24) is 20.2 Å². The van der Waals surface area contributed by atoms with E-state index in [9.17, 15) is 0 Å². The van der Waals surface area contributed by atoms with E-state index in [0.717, 1.165) is 48.9 Å². The third kappa shape index (κ3) is 4.45. The van der Waals surface area contributed by atoms with E-state index in [1.165, 1.54) is 35.1 Å². The summed E-state index contributed by atoms with van der Waals surface area (Å²) >= 11 is 0. The predicted molar refractivity (Wildman–Crippen MR) is 131 cm³/mol. The van der Waals surface area contributed by atoms with Crippen molar-refractivity contribution in [3.8, 4) is 11.3 Å². The first-order chi connectivity index (χ1) is 15.5. The standard InChI is InChI=1S/C26H34N6/c1-6-7-8-23-16-28-24(15-18(23)2)32-14-13-31(17-19(32)3)26-21(5)20(4)25(29-30-26)22-9-11-27-12-10-22/h9-12,15-16,19H,6-8,13-14,17H2,1-5H3/t19-/m1/s1. The lowest BCUT2D eigenvalue weighted by Crippen LogP contribution is -2.53. The van der Waals surface area contributed by atoms with Crippen LogP contribution in [0.3, 0.4) is 0 Å². The number of rotatable bonds is 6. The van der Waals surface area contributed by atoms with E-state index in [0.29, 0.717) is 6.04 Å². The highest BCUT2D eigenvalue weighted by molar-refractivity contribution is 5.66. The Bertz CT molecular complexity index is 1070. The van der Waals surface area contributed by atoms with Crippen molar-refractivity contribution in [3.63, 3.8) is 0 Å². The molecule has 4 heterocycles. The highest BCUT2D eigenvalue weighted by Crippen LogP contribution is 2.29. The normalized spacial score (nSPS) is 16.5. The van der Waals surface area contributed by atoms with Crippen LogP contribution in [0.2, 0.25) is 0 Å². The van der Waals surface area contributed by atoms with Gasteiger partial charge in [0, 0.05) is 49.8 Å². The van der Waals surface area contributed by atoms with Crippen molar-refractivity contribution in [1.29, 1.82) is 0 Å². The number of hydrogen-bond acceptors (Lipinski definition) is 6. The van der Waals surface area contributed by atoms with Crippen molar-refractivity contribution in [2.75, 3.05) is 29.4 Å². The van der Waals surface area contributed by atoms with Crippen LogP contribution in [0.1, 0.15) is 48.9 Å². The molecule has 0 N–H and O–H groups in total. The first-order valence-electron chi connectivity index (χ1n) is 11.7. The first-order valence-corrected chi connectivity index (χ1v) is 11.7. The molecule has 3 aromatic heterocycles. The summed E-state index contributed by atoms with van der Waals surface area (Å²) in [5.41, 5.74) is 7.09. The Labute approximate surface area is 191 Å². The number of piperazine rings is 1. The van der Waals surface area contributed by atoms with Gasteiger partial charge in [-0.05, 0) is 81.0 Å². The van der Waals surface area contributed by atoms with Crippen LogP contribution in [0.25, 0.3) is 11.3 Å². The molecule has 1 fully saturated rings. The molecule has 0 unspecified atom stereocenters. The van der Waals surface area contributed by atoms with Crippen molar-refractivity contribution < 1.29 is 0 Å². The second kappa shape index (κ2) is 9.63.